The van der Waals surface area contributed by atoms with Crippen LogP contribution in [-0.2, 0) is 6.54 Å². The van der Waals surface area contributed by atoms with E-state index >= 15 is 0 Å². The van der Waals surface area contributed by atoms with Crippen LogP contribution in [0.4, 0.5) is 0 Å². The second kappa shape index (κ2) is 6.01. The van der Waals surface area contributed by atoms with Gasteiger partial charge in [0.2, 0.25) is 6.54 Å². The van der Waals surface area contributed by atoms with Crippen LogP contribution in [0, 0.1) is 10.1 Å². The van der Waals surface area contributed by atoms with Gasteiger partial charge in [0, 0.05) is 10.5 Å². The number of nitro groups is 1. The normalized spacial score (nSPS) is 9.93. The van der Waals surface area contributed by atoms with E-state index in [1.165, 1.54) is 0 Å². The van der Waals surface area contributed by atoms with E-state index in [2.05, 4.69) is 6.92 Å². The Morgan fingerprint density at radius 3 is 2.53 bits per heavy atom. The summed E-state index contributed by atoms with van der Waals surface area (Å²) in [5.74, 6) is 0.774. The molecule has 15 heavy (non-hydrogen) atoms. The molecular formula is C11H15NO3. The van der Waals surface area contributed by atoms with Crippen LogP contribution in [-0.4, -0.2) is 11.5 Å². The van der Waals surface area contributed by atoms with E-state index in [0.717, 1.165) is 18.6 Å². The van der Waals surface area contributed by atoms with Crippen LogP contribution in [0.5, 0.6) is 5.75 Å². The number of nitrogens with zero attached hydrogens (tertiary/aromatic N) is 1. The predicted octanol–water partition coefficient (Wildman–Crippen LogP) is 2.64. The van der Waals surface area contributed by atoms with Crippen LogP contribution in [0.3, 0.4) is 0 Å². The van der Waals surface area contributed by atoms with Crippen LogP contribution in [0.25, 0.3) is 0 Å². The molecule has 0 aromatic heterocycles. The first-order valence-corrected chi connectivity index (χ1v) is 5.06. The van der Waals surface area contributed by atoms with Crippen molar-refractivity contribution in [3.63, 3.8) is 0 Å². The molecule has 0 aliphatic carbocycles. The summed E-state index contributed by atoms with van der Waals surface area (Å²) in [6, 6.07) is 7.00. The summed E-state index contributed by atoms with van der Waals surface area (Å²) in [6.07, 6.45) is 2.12. The Balaban J connectivity index is 2.45. The van der Waals surface area contributed by atoms with E-state index in [-0.39, 0.29) is 11.5 Å². The maximum Gasteiger partial charge on any atom is 0.228 e. The highest BCUT2D eigenvalue weighted by molar-refractivity contribution is 5.26. The maximum atomic E-state index is 10.2. The molecule has 0 aliphatic heterocycles. The van der Waals surface area contributed by atoms with Crippen LogP contribution in [0.15, 0.2) is 24.3 Å². The average molecular weight is 209 g/mol. The predicted molar refractivity (Wildman–Crippen MR) is 57.5 cm³/mol. The van der Waals surface area contributed by atoms with E-state index in [4.69, 9.17) is 4.74 Å². The third-order valence-corrected chi connectivity index (χ3v) is 2.00. The molecule has 0 radical (unpaired) electrons. The highest BCUT2D eigenvalue weighted by atomic mass is 16.6. The number of ether oxygens (including phenoxy) is 1. The van der Waals surface area contributed by atoms with Crippen molar-refractivity contribution in [2.45, 2.75) is 26.3 Å². The van der Waals surface area contributed by atoms with Gasteiger partial charge in [-0.25, -0.2) is 0 Å². The van der Waals surface area contributed by atoms with Gasteiger partial charge in [0.05, 0.1) is 6.61 Å². The molecule has 0 fully saturated rings. The van der Waals surface area contributed by atoms with E-state index in [1.807, 2.05) is 0 Å². The Kier molecular flexibility index (Phi) is 4.60. The second-order valence-corrected chi connectivity index (χ2v) is 3.34. The first-order chi connectivity index (χ1) is 7.22. The van der Waals surface area contributed by atoms with Crippen molar-refractivity contribution in [2.75, 3.05) is 6.61 Å². The number of rotatable bonds is 6. The molecule has 4 heteroatoms. The fourth-order valence-corrected chi connectivity index (χ4v) is 1.17. The zero-order valence-electron chi connectivity index (χ0n) is 8.81. The van der Waals surface area contributed by atoms with Crippen molar-refractivity contribution in [3.8, 4) is 5.75 Å². The maximum absolute atomic E-state index is 10.2. The van der Waals surface area contributed by atoms with Crippen molar-refractivity contribution in [1.82, 2.24) is 0 Å². The lowest BCUT2D eigenvalue weighted by Gasteiger charge is -2.04. The summed E-state index contributed by atoms with van der Waals surface area (Å²) >= 11 is 0. The zero-order valence-corrected chi connectivity index (χ0v) is 8.81. The largest absolute Gasteiger partial charge is 0.494 e. The van der Waals surface area contributed by atoms with Crippen LogP contribution >= 0.6 is 0 Å². The molecule has 0 aliphatic rings. The molecule has 0 amide bonds. The Morgan fingerprint density at radius 1 is 1.33 bits per heavy atom. The van der Waals surface area contributed by atoms with Crippen LogP contribution in [0.2, 0.25) is 0 Å². The minimum atomic E-state index is -0.340. The highest BCUT2D eigenvalue weighted by Crippen LogP contribution is 2.13. The summed E-state index contributed by atoms with van der Waals surface area (Å²) in [5, 5.41) is 10.2. The number of benzene rings is 1. The average Bonchev–Trinajstić information content (AvgIpc) is 2.20. The number of hydrogen-bond donors (Lipinski definition) is 0. The standard InChI is InChI=1S/C11H15NO3/c1-2-3-8-15-11-6-4-10(5-7-11)9-12(13)14/h4-7H,2-3,8-9H2,1H3. The Bertz CT molecular complexity index is 308. The van der Waals surface area contributed by atoms with Gasteiger partial charge in [-0.3, -0.25) is 10.1 Å². The van der Waals surface area contributed by atoms with Crippen LogP contribution in [0.1, 0.15) is 25.3 Å². The van der Waals surface area contributed by atoms with Gasteiger partial charge in [-0.15, -0.1) is 0 Å². The quantitative estimate of drug-likeness (QED) is 0.411. The van der Waals surface area contributed by atoms with Crippen LogP contribution < -0.4 is 4.74 Å². The first-order valence-electron chi connectivity index (χ1n) is 5.06. The topological polar surface area (TPSA) is 52.4 Å². The zero-order chi connectivity index (χ0) is 11.1. The molecule has 0 heterocycles. The molecule has 0 unspecified atom stereocenters. The molecule has 1 aromatic carbocycles. The smallest absolute Gasteiger partial charge is 0.228 e. The summed E-state index contributed by atoms with van der Waals surface area (Å²) in [7, 11) is 0. The van der Waals surface area contributed by atoms with Crippen molar-refractivity contribution in [1.29, 1.82) is 0 Å². The molecular weight excluding hydrogens is 194 g/mol. The van der Waals surface area contributed by atoms with E-state index in [0.29, 0.717) is 12.2 Å². The fourth-order valence-electron chi connectivity index (χ4n) is 1.17. The third kappa shape index (κ3) is 4.44. The van der Waals surface area contributed by atoms with Crippen molar-refractivity contribution < 1.29 is 9.66 Å². The fraction of sp³-hybridized carbons (Fsp3) is 0.455. The molecule has 4 nitrogen and oxygen atoms in total. The molecule has 0 N–H and O–H groups in total. The molecule has 1 rings (SSSR count). The highest BCUT2D eigenvalue weighted by Gasteiger charge is 2.01. The molecule has 0 spiro atoms. The van der Waals surface area contributed by atoms with Gasteiger partial charge in [0.1, 0.15) is 5.75 Å². The Morgan fingerprint density at radius 2 is 2.00 bits per heavy atom. The van der Waals surface area contributed by atoms with Gasteiger partial charge in [0.25, 0.3) is 0 Å². The summed E-state index contributed by atoms with van der Waals surface area (Å²) in [6.45, 7) is 2.67. The summed E-state index contributed by atoms with van der Waals surface area (Å²) < 4.78 is 5.44. The lowest BCUT2D eigenvalue weighted by molar-refractivity contribution is -0.496. The summed E-state index contributed by atoms with van der Waals surface area (Å²) in [4.78, 5) is 9.90. The van der Waals surface area contributed by atoms with Crippen molar-refractivity contribution >= 4 is 0 Å². The molecule has 0 saturated heterocycles. The van der Waals surface area contributed by atoms with Gasteiger partial charge in [-0.05, 0) is 30.7 Å². The van der Waals surface area contributed by atoms with Gasteiger partial charge in [-0.1, -0.05) is 13.3 Å². The molecule has 0 saturated carbocycles. The monoisotopic (exact) mass is 209 g/mol. The lowest BCUT2D eigenvalue weighted by atomic mass is 10.2. The van der Waals surface area contributed by atoms with Gasteiger partial charge in [0.15, 0.2) is 0 Å². The first kappa shape index (κ1) is 11.5. The minimum absolute atomic E-state index is 0.130. The van der Waals surface area contributed by atoms with Gasteiger partial charge >= 0.3 is 0 Å². The molecule has 0 bridgehead atoms. The van der Waals surface area contributed by atoms with Crippen molar-refractivity contribution in [3.05, 3.63) is 39.9 Å². The second-order valence-electron chi connectivity index (χ2n) is 3.34. The number of unbranched alkanes of at least 4 members (excludes halogenated alkanes) is 1. The van der Waals surface area contributed by atoms with E-state index in [9.17, 15) is 10.1 Å². The van der Waals surface area contributed by atoms with E-state index < -0.39 is 0 Å². The lowest BCUT2D eigenvalue weighted by Crippen LogP contribution is -1.99. The van der Waals surface area contributed by atoms with Gasteiger partial charge in [-0.2, -0.15) is 0 Å². The minimum Gasteiger partial charge on any atom is -0.494 e. The number of hydrogen-bond acceptors (Lipinski definition) is 3. The van der Waals surface area contributed by atoms with E-state index in [1.54, 1.807) is 24.3 Å². The Hall–Kier alpha value is -1.58. The third-order valence-electron chi connectivity index (χ3n) is 2.00. The molecule has 1 aromatic rings. The SMILES string of the molecule is CCCCOc1ccc(C[N+](=O)[O-])cc1. The Labute approximate surface area is 89.0 Å². The molecule has 0 atom stereocenters. The van der Waals surface area contributed by atoms with Crippen molar-refractivity contribution in [2.24, 2.45) is 0 Å². The molecule has 82 valence electrons. The van der Waals surface area contributed by atoms with Gasteiger partial charge < -0.3 is 4.74 Å². The summed E-state index contributed by atoms with van der Waals surface area (Å²) in [5.41, 5.74) is 0.697.